The number of aromatic nitrogens is 4. The Morgan fingerprint density at radius 3 is 2.42 bits per heavy atom. The van der Waals surface area contributed by atoms with E-state index >= 15 is 0 Å². The third-order valence-corrected chi connectivity index (χ3v) is 3.05. The molecule has 1 unspecified atom stereocenters. The van der Waals surface area contributed by atoms with Gasteiger partial charge in [-0.15, -0.1) is 23.4 Å². The largest absolute Gasteiger partial charge is 0.573 e. The molecule has 0 amide bonds. The fourth-order valence-electron chi connectivity index (χ4n) is 2.10. The molecule has 1 aromatic heterocycles. The van der Waals surface area contributed by atoms with E-state index in [1.807, 2.05) is 0 Å². The lowest BCUT2D eigenvalue weighted by molar-refractivity contribution is -0.274. The molecule has 130 valence electrons. The Balaban J connectivity index is 2.28. The normalized spacial score (nSPS) is 14.2. The maximum atomic E-state index is 12.2. The van der Waals surface area contributed by atoms with E-state index in [1.54, 1.807) is 6.92 Å². The van der Waals surface area contributed by atoms with Crippen LogP contribution in [0.15, 0.2) is 24.3 Å². The first kappa shape index (κ1) is 17.7. The van der Waals surface area contributed by atoms with Crippen LogP contribution in [0.3, 0.4) is 0 Å². The molecule has 0 saturated carbocycles. The van der Waals surface area contributed by atoms with E-state index in [1.165, 1.54) is 12.1 Å². The standard InChI is InChI=1S/C13H13F3N4O4/c1-2-23-12(11(21)22,10-17-19-20-18-10)7-8-3-5-9(6-4-8)24-13(14,15)16/h3-6H,2,7H2,1H3,(H,21,22)(H,17,18,19,20). The highest BCUT2D eigenvalue weighted by molar-refractivity contribution is 5.78. The quantitative estimate of drug-likeness (QED) is 0.784. The maximum absolute atomic E-state index is 12.2. The van der Waals surface area contributed by atoms with Crippen LogP contribution in [-0.2, 0) is 21.6 Å². The lowest BCUT2D eigenvalue weighted by Crippen LogP contribution is -2.42. The maximum Gasteiger partial charge on any atom is 0.573 e. The van der Waals surface area contributed by atoms with Crippen molar-refractivity contribution in [1.82, 2.24) is 20.6 Å². The zero-order chi connectivity index (χ0) is 17.8. The van der Waals surface area contributed by atoms with E-state index in [0.717, 1.165) is 12.1 Å². The lowest BCUT2D eigenvalue weighted by Gasteiger charge is -2.26. The number of halogens is 3. The second kappa shape index (κ2) is 6.83. The molecule has 0 saturated heterocycles. The van der Waals surface area contributed by atoms with Crippen LogP contribution in [0.5, 0.6) is 5.75 Å². The first-order valence-corrected chi connectivity index (χ1v) is 6.73. The fraction of sp³-hybridized carbons (Fsp3) is 0.385. The van der Waals surface area contributed by atoms with Crippen molar-refractivity contribution in [1.29, 1.82) is 0 Å². The predicted molar refractivity (Wildman–Crippen MR) is 71.9 cm³/mol. The van der Waals surface area contributed by atoms with E-state index in [4.69, 9.17) is 4.74 Å². The van der Waals surface area contributed by atoms with Gasteiger partial charge in [0.05, 0.1) is 0 Å². The Hall–Kier alpha value is -2.69. The van der Waals surface area contributed by atoms with Crippen LogP contribution in [-0.4, -0.2) is 44.7 Å². The molecule has 0 fully saturated rings. The summed E-state index contributed by atoms with van der Waals surface area (Å²) in [5.74, 6) is -1.95. The Morgan fingerprint density at radius 1 is 1.29 bits per heavy atom. The monoisotopic (exact) mass is 346 g/mol. The average Bonchev–Trinajstić information content (AvgIpc) is 3.01. The highest BCUT2D eigenvalue weighted by atomic mass is 19.4. The molecule has 1 atom stereocenters. The SMILES string of the molecule is CCOC(Cc1ccc(OC(F)(F)F)cc1)(C(=O)O)c1nn[nH]n1. The van der Waals surface area contributed by atoms with Crippen molar-refractivity contribution in [3.8, 4) is 5.75 Å². The van der Waals surface area contributed by atoms with E-state index < -0.39 is 23.7 Å². The van der Waals surface area contributed by atoms with E-state index in [-0.39, 0.29) is 18.9 Å². The number of hydrogen-bond donors (Lipinski definition) is 2. The van der Waals surface area contributed by atoms with Crippen LogP contribution < -0.4 is 4.74 Å². The number of aromatic amines is 1. The molecule has 0 radical (unpaired) electrons. The highest BCUT2D eigenvalue weighted by Crippen LogP contribution is 2.29. The fourth-order valence-corrected chi connectivity index (χ4v) is 2.10. The van der Waals surface area contributed by atoms with Gasteiger partial charge in [-0.05, 0) is 24.6 Å². The van der Waals surface area contributed by atoms with Gasteiger partial charge >= 0.3 is 12.3 Å². The number of nitrogens with zero attached hydrogens (tertiary/aromatic N) is 3. The van der Waals surface area contributed by atoms with Gasteiger partial charge in [0.1, 0.15) is 5.75 Å². The number of benzene rings is 1. The summed E-state index contributed by atoms with van der Waals surface area (Å²) in [5.41, 5.74) is -1.51. The Bertz CT molecular complexity index is 676. The van der Waals surface area contributed by atoms with Gasteiger partial charge in [-0.25, -0.2) is 4.79 Å². The van der Waals surface area contributed by atoms with Crippen molar-refractivity contribution < 1.29 is 32.5 Å². The summed E-state index contributed by atoms with van der Waals surface area (Å²) >= 11 is 0. The van der Waals surface area contributed by atoms with Gasteiger partial charge in [0.15, 0.2) is 0 Å². The topological polar surface area (TPSA) is 110 Å². The van der Waals surface area contributed by atoms with E-state index in [9.17, 15) is 23.1 Å². The zero-order valence-corrected chi connectivity index (χ0v) is 12.4. The third-order valence-electron chi connectivity index (χ3n) is 3.05. The predicted octanol–water partition coefficient (Wildman–Crippen LogP) is 1.66. The molecule has 0 spiro atoms. The molecule has 2 rings (SSSR count). The average molecular weight is 346 g/mol. The van der Waals surface area contributed by atoms with Gasteiger partial charge in [0, 0.05) is 13.0 Å². The van der Waals surface area contributed by atoms with Crippen LogP contribution in [0.4, 0.5) is 13.2 Å². The summed E-state index contributed by atoms with van der Waals surface area (Å²) in [6.45, 7) is 1.65. The zero-order valence-electron chi connectivity index (χ0n) is 12.4. The number of hydrogen-bond acceptors (Lipinski definition) is 6. The van der Waals surface area contributed by atoms with Crippen molar-refractivity contribution >= 4 is 5.97 Å². The summed E-state index contributed by atoms with van der Waals surface area (Å²) in [5, 5.41) is 22.4. The van der Waals surface area contributed by atoms with Crippen LogP contribution in [0.25, 0.3) is 0 Å². The molecule has 0 aliphatic rings. The van der Waals surface area contributed by atoms with E-state index in [0.29, 0.717) is 5.56 Å². The van der Waals surface area contributed by atoms with Crippen LogP contribution in [0.1, 0.15) is 18.3 Å². The molecule has 0 aliphatic heterocycles. The van der Waals surface area contributed by atoms with Crippen LogP contribution in [0.2, 0.25) is 0 Å². The molecule has 8 nitrogen and oxygen atoms in total. The smallest absolute Gasteiger partial charge is 0.479 e. The number of nitrogens with one attached hydrogen (secondary N) is 1. The number of tetrazole rings is 1. The van der Waals surface area contributed by atoms with Gasteiger partial charge < -0.3 is 14.6 Å². The minimum atomic E-state index is -4.80. The molecule has 0 aliphatic carbocycles. The van der Waals surface area contributed by atoms with Crippen LogP contribution in [0, 0.1) is 0 Å². The molecule has 2 aromatic rings. The van der Waals surface area contributed by atoms with E-state index in [2.05, 4.69) is 25.4 Å². The molecule has 1 heterocycles. The van der Waals surface area contributed by atoms with Gasteiger partial charge in [-0.1, -0.05) is 17.3 Å². The number of carbonyl (C=O) groups is 1. The van der Waals surface area contributed by atoms with Crippen molar-refractivity contribution in [2.24, 2.45) is 0 Å². The Labute approximate surface area is 133 Å². The second-order valence-corrected chi connectivity index (χ2v) is 4.67. The first-order valence-electron chi connectivity index (χ1n) is 6.73. The lowest BCUT2D eigenvalue weighted by atomic mass is 9.93. The Morgan fingerprint density at radius 2 is 1.96 bits per heavy atom. The molecule has 11 heteroatoms. The molecule has 2 N–H and O–H groups in total. The first-order chi connectivity index (χ1) is 11.3. The van der Waals surface area contributed by atoms with Crippen LogP contribution >= 0.6 is 0 Å². The number of alkyl halides is 3. The molecule has 24 heavy (non-hydrogen) atoms. The number of H-pyrrole nitrogens is 1. The summed E-state index contributed by atoms with van der Waals surface area (Å²) in [6.07, 6.45) is -5.01. The number of ether oxygens (including phenoxy) is 2. The number of rotatable bonds is 7. The minimum absolute atomic E-state index is 0.0517. The molecular weight excluding hydrogens is 333 g/mol. The Kier molecular flexibility index (Phi) is 5.02. The van der Waals surface area contributed by atoms with Gasteiger partial charge in [-0.2, -0.15) is 5.21 Å². The van der Waals surface area contributed by atoms with Crippen molar-refractivity contribution in [3.63, 3.8) is 0 Å². The number of carboxylic acids is 1. The van der Waals surface area contributed by atoms with Gasteiger partial charge in [0.25, 0.3) is 0 Å². The molecule has 0 bridgehead atoms. The summed E-state index contributed by atoms with van der Waals surface area (Å²) < 4.78 is 45.6. The third kappa shape index (κ3) is 3.98. The summed E-state index contributed by atoms with van der Waals surface area (Å²) in [6, 6.07) is 4.77. The molecular formula is C13H13F3N4O4. The minimum Gasteiger partial charge on any atom is -0.479 e. The van der Waals surface area contributed by atoms with Gasteiger partial charge in [-0.3, -0.25) is 0 Å². The van der Waals surface area contributed by atoms with Crippen molar-refractivity contribution in [2.45, 2.75) is 25.3 Å². The summed E-state index contributed by atoms with van der Waals surface area (Å²) in [7, 11) is 0. The molecule has 1 aromatic carbocycles. The van der Waals surface area contributed by atoms with Crippen molar-refractivity contribution in [3.05, 3.63) is 35.7 Å². The second-order valence-electron chi connectivity index (χ2n) is 4.67. The number of aliphatic carboxylic acids is 1. The van der Waals surface area contributed by atoms with Crippen molar-refractivity contribution in [2.75, 3.05) is 6.61 Å². The highest BCUT2D eigenvalue weighted by Gasteiger charge is 2.46. The van der Waals surface area contributed by atoms with Gasteiger partial charge in [0.2, 0.25) is 11.4 Å². The summed E-state index contributed by atoms with van der Waals surface area (Å²) in [4.78, 5) is 11.7. The number of carboxylic acid groups (broad SMARTS) is 1.